The second-order valence-corrected chi connectivity index (χ2v) is 6.94. The first kappa shape index (κ1) is 20.6. The summed E-state index contributed by atoms with van der Waals surface area (Å²) in [5.41, 5.74) is 5.37. The lowest BCUT2D eigenvalue weighted by molar-refractivity contribution is -0.121. The summed E-state index contributed by atoms with van der Waals surface area (Å²) < 4.78 is 13.0. The quantitative estimate of drug-likeness (QED) is 0.629. The van der Waals surface area contributed by atoms with E-state index in [1.807, 2.05) is 24.3 Å². The molecule has 1 unspecified atom stereocenters. The highest BCUT2D eigenvalue weighted by molar-refractivity contribution is 9.10. The van der Waals surface area contributed by atoms with Gasteiger partial charge in [-0.25, -0.2) is 0 Å². The molecule has 0 spiro atoms. The Morgan fingerprint density at radius 2 is 1.86 bits per heavy atom. The number of nitrogens with two attached hydrogens (primary N) is 1. The maximum Gasteiger partial charge on any atom is 0.220 e. The van der Waals surface area contributed by atoms with E-state index in [1.165, 1.54) is 0 Å². The monoisotopic (exact) mass is 396 g/mol. The predicted octanol–water partition coefficient (Wildman–Crippen LogP) is 2.61. The first-order valence-electron chi connectivity index (χ1n) is 6.74. The first-order chi connectivity index (χ1) is 9.63. The molecule has 7 heteroatoms. The second kappa shape index (κ2) is 12.1. The number of rotatable bonds is 9. The average Bonchev–Trinajstić information content (AvgIpc) is 2.44. The fraction of sp³-hybridized carbons (Fsp3) is 0.500. The zero-order valence-electron chi connectivity index (χ0n) is 11.8. The molecule has 3 N–H and O–H groups in total. The SMILES string of the molecule is Cl.NCCCCNC(=O)CCCS(=O)c1ccc(Br)cc1. The van der Waals surface area contributed by atoms with Crippen LogP contribution in [0.2, 0.25) is 0 Å². The molecule has 1 rings (SSSR count). The van der Waals surface area contributed by atoms with Crippen LogP contribution in [0.25, 0.3) is 0 Å². The molecular formula is C14H22BrClN2O2S. The smallest absolute Gasteiger partial charge is 0.220 e. The summed E-state index contributed by atoms with van der Waals surface area (Å²) in [6, 6.07) is 7.43. The zero-order valence-corrected chi connectivity index (χ0v) is 15.1. The summed E-state index contributed by atoms with van der Waals surface area (Å²) in [5, 5.41) is 2.84. The van der Waals surface area contributed by atoms with Gasteiger partial charge in [0.25, 0.3) is 0 Å². The van der Waals surface area contributed by atoms with Gasteiger partial charge >= 0.3 is 0 Å². The summed E-state index contributed by atoms with van der Waals surface area (Å²) in [7, 11) is -1.03. The molecule has 0 saturated heterocycles. The van der Waals surface area contributed by atoms with Gasteiger partial charge in [0.05, 0.1) is 10.8 Å². The third-order valence-corrected chi connectivity index (χ3v) is 4.75. The van der Waals surface area contributed by atoms with Crippen molar-refractivity contribution < 1.29 is 9.00 Å². The van der Waals surface area contributed by atoms with E-state index < -0.39 is 10.8 Å². The van der Waals surface area contributed by atoms with E-state index in [9.17, 15) is 9.00 Å². The third kappa shape index (κ3) is 9.24. The topological polar surface area (TPSA) is 72.2 Å². The van der Waals surface area contributed by atoms with Crippen LogP contribution in [0.5, 0.6) is 0 Å². The van der Waals surface area contributed by atoms with Crippen molar-refractivity contribution in [3.8, 4) is 0 Å². The van der Waals surface area contributed by atoms with Crippen LogP contribution in [0.15, 0.2) is 33.6 Å². The maximum atomic E-state index is 12.0. The van der Waals surface area contributed by atoms with Crippen molar-refractivity contribution in [3.05, 3.63) is 28.7 Å². The number of unbranched alkanes of at least 4 members (excludes halogenated alkanes) is 1. The van der Waals surface area contributed by atoms with Gasteiger partial charge in [-0.05, 0) is 50.1 Å². The van der Waals surface area contributed by atoms with Gasteiger partial charge in [0.1, 0.15) is 0 Å². The van der Waals surface area contributed by atoms with E-state index >= 15 is 0 Å². The minimum Gasteiger partial charge on any atom is -0.356 e. The molecule has 0 aliphatic rings. The minimum absolute atomic E-state index is 0. The number of halogens is 2. The van der Waals surface area contributed by atoms with E-state index in [0.29, 0.717) is 31.7 Å². The number of carbonyl (C=O) groups excluding carboxylic acids is 1. The Bertz CT molecular complexity index is 443. The van der Waals surface area contributed by atoms with Gasteiger partial charge in [0.2, 0.25) is 5.91 Å². The molecule has 0 aliphatic heterocycles. The molecule has 1 atom stereocenters. The van der Waals surface area contributed by atoms with Crippen molar-refractivity contribution in [2.75, 3.05) is 18.8 Å². The van der Waals surface area contributed by atoms with Crippen molar-refractivity contribution in [2.45, 2.75) is 30.6 Å². The summed E-state index contributed by atoms with van der Waals surface area (Å²) in [5.74, 6) is 0.535. The Kier molecular flexibility index (Phi) is 11.9. The van der Waals surface area contributed by atoms with E-state index in [-0.39, 0.29) is 18.3 Å². The van der Waals surface area contributed by atoms with Gasteiger partial charge < -0.3 is 11.1 Å². The van der Waals surface area contributed by atoms with Gasteiger partial charge in [-0.3, -0.25) is 9.00 Å². The molecule has 0 fully saturated rings. The largest absolute Gasteiger partial charge is 0.356 e. The number of nitrogens with one attached hydrogen (secondary N) is 1. The molecule has 21 heavy (non-hydrogen) atoms. The lowest BCUT2D eigenvalue weighted by Gasteiger charge is -2.05. The van der Waals surface area contributed by atoms with Crippen LogP contribution < -0.4 is 11.1 Å². The lowest BCUT2D eigenvalue weighted by atomic mass is 10.3. The van der Waals surface area contributed by atoms with Gasteiger partial charge in [-0.15, -0.1) is 12.4 Å². The van der Waals surface area contributed by atoms with Gasteiger partial charge in [-0.2, -0.15) is 0 Å². The molecule has 4 nitrogen and oxygen atoms in total. The molecule has 0 heterocycles. The van der Waals surface area contributed by atoms with Crippen molar-refractivity contribution in [3.63, 3.8) is 0 Å². The average molecular weight is 398 g/mol. The van der Waals surface area contributed by atoms with E-state index in [1.54, 1.807) is 0 Å². The number of hydrogen-bond donors (Lipinski definition) is 2. The summed E-state index contributed by atoms with van der Waals surface area (Å²) >= 11 is 3.34. The Balaban J connectivity index is 0.00000400. The number of carbonyl (C=O) groups is 1. The van der Waals surface area contributed by atoms with E-state index in [4.69, 9.17) is 5.73 Å². The molecule has 0 aliphatic carbocycles. The molecule has 0 saturated carbocycles. The van der Waals surface area contributed by atoms with Crippen molar-refractivity contribution in [2.24, 2.45) is 5.73 Å². The van der Waals surface area contributed by atoms with Crippen molar-refractivity contribution in [1.29, 1.82) is 0 Å². The molecule has 0 bridgehead atoms. The van der Waals surface area contributed by atoms with Gasteiger partial charge in [0, 0.05) is 28.1 Å². The Morgan fingerprint density at radius 3 is 2.48 bits per heavy atom. The Morgan fingerprint density at radius 1 is 1.19 bits per heavy atom. The second-order valence-electron chi connectivity index (χ2n) is 4.45. The van der Waals surface area contributed by atoms with Crippen LogP contribution in [0.4, 0.5) is 0 Å². The molecular weight excluding hydrogens is 376 g/mol. The number of benzene rings is 1. The van der Waals surface area contributed by atoms with Crippen molar-refractivity contribution in [1.82, 2.24) is 5.32 Å². The van der Waals surface area contributed by atoms with Crippen molar-refractivity contribution >= 4 is 45.0 Å². The zero-order chi connectivity index (χ0) is 14.8. The molecule has 120 valence electrons. The first-order valence-corrected chi connectivity index (χ1v) is 8.85. The van der Waals surface area contributed by atoms with E-state index in [0.717, 1.165) is 22.2 Å². The summed E-state index contributed by atoms with van der Waals surface area (Å²) in [4.78, 5) is 12.3. The van der Waals surface area contributed by atoms with Crippen LogP contribution in [0.3, 0.4) is 0 Å². The molecule has 1 amide bonds. The minimum atomic E-state index is -1.03. The van der Waals surface area contributed by atoms with Crippen LogP contribution in [-0.2, 0) is 15.6 Å². The molecule has 0 aromatic heterocycles. The van der Waals surface area contributed by atoms with Crippen LogP contribution in [0.1, 0.15) is 25.7 Å². The summed E-state index contributed by atoms with van der Waals surface area (Å²) in [6.45, 7) is 1.33. The van der Waals surface area contributed by atoms with Crippen LogP contribution in [0, 0.1) is 0 Å². The van der Waals surface area contributed by atoms with Crippen LogP contribution in [-0.4, -0.2) is 29.0 Å². The third-order valence-electron chi connectivity index (χ3n) is 2.76. The highest BCUT2D eigenvalue weighted by Crippen LogP contribution is 2.14. The van der Waals surface area contributed by atoms with Crippen LogP contribution >= 0.6 is 28.3 Å². The maximum absolute atomic E-state index is 12.0. The number of amides is 1. The molecule has 0 radical (unpaired) electrons. The fourth-order valence-electron chi connectivity index (χ4n) is 1.65. The van der Waals surface area contributed by atoms with Gasteiger partial charge in [-0.1, -0.05) is 15.9 Å². The predicted molar refractivity (Wildman–Crippen MR) is 93.2 cm³/mol. The standard InChI is InChI=1S/C14H21BrN2O2S.ClH/c15-12-5-7-13(8-6-12)20(19)11-3-4-14(18)17-10-2-1-9-16;/h5-8H,1-4,9-11,16H2,(H,17,18);1H. The lowest BCUT2D eigenvalue weighted by Crippen LogP contribution is -2.24. The van der Waals surface area contributed by atoms with Gasteiger partial charge in [0.15, 0.2) is 0 Å². The highest BCUT2D eigenvalue weighted by Gasteiger charge is 2.06. The van der Waals surface area contributed by atoms with E-state index in [2.05, 4.69) is 21.2 Å². The Hall–Kier alpha value is -0.430. The fourth-order valence-corrected chi connectivity index (χ4v) is 3.00. The molecule has 1 aromatic rings. The summed E-state index contributed by atoms with van der Waals surface area (Å²) in [6.07, 6.45) is 2.89. The number of hydrogen-bond acceptors (Lipinski definition) is 3. The molecule has 1 aromatic carbocycles. The highest BCUT2D eigenvalue weighted by atomic mass is 79.9. The Labute approximate surface area is 143 Å². The normalized spacial score (nSPS) is 11.5.